The number of hydrogen-bond donors (Lipinski definition) is 0. The Morgan fingerprint density at radius 1 is 1.27 bits per heavy atom. The number of morpholine rings is 1. The van der Waals surface area contributed by atoms with Crippen LogP contribution in [-0.4, -0.2) is 82.3 Å². The topological polar surface area (TPSA) is 109 Å². The van der Waals surface area contributed by atoms with E-state index in [1.165, 1.54) is 18.9 Å². The van der Waals surface area contributed by atoms with Gasteiger partial charge in [0.1, 0.15) is 12.1 Å². The molecule has 0 spiro atoms. The highest BCUT2D eigenvalue weighted by Crippen LogP contribution is 2.22. The summed E-state index contributed by atoms with van der Waals surface area (Å²) >= 11 is 1.39. The molecular formula is C21H25N7O4S. The van der Waals surface area contributed by atoms with Gasteiger partial charge in [-0.15, -0.1) is 10.2 Å². The van der Waals surface area contributed by atoms with Gasteiger partial charge in [-0.1, -0.05) is 11.8 Å². The SMILES string of the molecule is COC(=O)c1ccn(CSc2nncn2N=Cc2ccc(OC)c(CN3CCOCC3)c2)n1. The molecule has 0 unspecified atom stereocenters. The van der Waals surface area contributed by atoms with Crippen molar-refractivity contribution in [1.29, 1.82) is 0 Å². The lowest BCUT2D eigenvalue weighted by molar-refractivity contribution is 0.0339. The molecule has 0 bridgehead atoms. The summed E-state index contributed by atoms with van der Waals surface area (Å²) in [7, 11) is 3.01. The van der Waals surface area contributed by atoms with Crippen molar-refractivity contribution in [3.8, 4) is 5.75 Å². The zero-order valence-corrected chi connectivity index (χ0v) is 19.3. The van der Waals surface area contributed by atoms with Crippen molar-refractivity contribution >= 4 is 23.9 Å². The monoisotopic (exact) mass is 471 g/mol. The number of methoxy groups -OCH3 is 2. The van der Waals surface area contributed by atoms with Crippen LogP contribution < -0.4 is 4.74 Å². The molecule has 1 fully saturated rings. The van der Waals surface area contributed by atoms with Gasteiger partial charge in [0, 0.05) is 31.4 Å². The fraction of sp³-hybridized carbons (Fsp3) is 0.381. The van der Waals surface area contributed by atoms with Crippen molar-refractivity contribution in [3.63, 3.8) is 0 Å². The minimum absolute atomic E-state index is 0.255. The van der Waals surface area contributed by atoms with Gasteiger partial charge in [-0.05, 0) is 29.8 Å². The predicted molar refractivity (Wildman–Crippen MR) is 122 cm³/mol. The van der Waals surface area contributed by atoms with Crippen molar-refractivity contribution in [2.45, 2.75) is 17.6 Å². The Bertz CT molecular complexity index is 1110. The van der Waals surface area contributed by atoms with Crippen molar-refractivity contribution in [1.82, 2.24) is 29.6 Å². The first-order valence-electron chi connectivity index (χ1n) is 10.3. The molecule has 0 aliphatic carbocycles. The van der Waals surface area contributed by atoms with Crippen LogP contribution in [0.1, 0.15) is 21.6 Å². The second kappa shape index (κ2) is 11.1. The lowest BCUT2D eigenvalue weighted by Crippen LogP contribution is -2.35. The first-order chi connectivity index (χ1) is 16.2. The van der Waals surface area contributed by atoms with Crippen LogP contribution >= 0.6 is 11.8 Å². The van der Waals surface area contributed by atoms with Crippen molar-refractivity contribution < 1.29 is 19.0 Å². The fourth-order valence-electron chi connectivity index (χ4n) is 3.30. The highest BCUT2D eigenvalue weighted by Gasteiger charge is 2.14. The number of nitrogens with zero attached hydrogens (tertiary/aromatic N) is 7. The van der Waals surface area contributed by atoms with Crippen LogP contribution in [0.3, 0.4) is 0 Å². The first-order valence-corrected chi connectivity index (χ1v) is 11.3. The summed E-state index contributed by atoms with van der Waals surface area (Å²) in [4.78, 5) is 13.9. The molecule has 174 valence electrons. The minimum Gasteiger partial charge on any atom is -0.496 e. The smallest absolute Gasteiger partial charge is 0.358 e. The lowest BCUT2D eigenvalue weighted by Gasteiger charge is -2.27. The minimum atomic E-state index is -0.473. The Labute approximate surface area is 195 Å². The van der Waals surface area contributed by atoms with Crippen LogP contribution in [0.25, 0.3) is 0 Å². The van der Waals surface area contributed by atoms with Gasteiger partial charge in [-0.2, -0.15) is 14.9 Å². The third-order valence-electron chi connectivity index (χ3n) is 4.99. The van der Waals surface area contributed by atoms with Crippen LogP contribution in [0.2, 0.25) is 0 Å². The predicted octanol–water partition coefficient (Wildman–Crippen LogP) is 1.73. The van der Waals surface area contributed by atoms with E-state index in [-0.39, 0.29) is 5.69 Å². The molecule has 3 heterocycles. The van der Waals surface area contributed by atoms with Crippen LogP contribution in [0.5, 0.6) is 5.75 Å². The molecule has 0 N–H and O–H groups in total. The van der Waals surface area contributed by atoms with Gasteiger partial charge in [0.05, 0.1) is 39.5 Å². The Morgan fingerprint density at radius 2 is 2.12 bits per heavy atom. The quantitative estimate of drug-likeness (QED) is 0.262. The van der Waals surface area contributed by atoms with Gasteiger partial charge in [-0.25, -0.2) is 4.79 Å². The van der Waals surface area contributed by atoms with E-state index >= 15 is 0 Å². The van der Waals surface area contributed by atoms with Crippen LogP contribution in [0, 0.1) is 0 Å². The number of thioether (sulfide) groups is 1. The molecule has 33 heavy (non-hydrogen) atoms. The summed E-state index contributed by atoms with van der Waals surface area (Å²) in [6.07, 6.45) is 5.01. The molecule has 0 atom stereocenters. The van der Waals surface area contributed by atoms with Crippen molar-refractivity contribution in [2.24, 2.45) is 5.10 Å². The van der Waals surface area contributed by atoms with Gasteiger partial charge in [0.15, 0.2) is 5.69 Å². The Morgan fingerprint density at radius 3 is 2.91 bits per heavy atom. The number of rotatable bonds is 9. The number of carbonyl (C=O) groups excluding carboxylic acids is 1. The van der Waals surface area contributed by atoms with Gasteiger partial charge >= 0.3 is 5.97 Å². The molecule has 4 rings (SSSR count). The number of benzene rings is 1. The Balaban J connectivity index is 1.42. The van der Waals surface area contributed by atoms with Crippen LogP contribution in [0.4, 0.5) is 0 Å². The van der Waals surface area contributed by atoms with Crippen molar-refractivity contribution in [3.05, 3.63) is 53.6 Å². The summed E-state index contributed by atoms with van der Waals surface area (Å²) in [6, 6.07) is 7.59. The molecule has 12 heteroatoms. The van der Waals surface area contributed by atoms with E-state index in [4.69, 9.17) is 9.47 Å². The van der Waals surface area contributed by atoms with Gasteiger partial charge < -0.3 is 14.2 Å². The molecule has 1 aliphatic rings. The summed E-state index contributed by atoms with van der Waals surface area (Å²) in [6.45, 7) is 4.10. The molecule has 1 aliphatic heterocycles. The molecule has 3 aromatic rings. The summed E-state index contributed by atoms with van der Waals surface area (Å²) < 4.78 is 18.9. The summed E-state index contributed by atoms with van der Waals surface area (Å²) in [5, 5.41) is 17.4. The number of ether oxygens (including phenoxy) is 3. The molecular weight excluding hydrogens is 446 g/mol. The highest BCUT2D eigenvalue weighted by atomic mass is 32.2. The van der Waals surface area contributed by atoms with Crippen molar-refractivity contribution in [2.75, 3.05) is 40.5 Å². The van der Waals surface area contributed by atoms with E-state index in [9.17, 15) is 4.79 Å². The van der Waals surface area contributed by atoms with E-state index in [2.05, 4.69) is 36.1 Å². The van der Waals surface area contributed by atoms with E-state index in [0.717, 1.165) is 49.7 Å². The molecule has 11 nitrogen and oxygen atoms in total. The molecule has 0 saturated carbocycles. The van der Waals surface area contributed by atoms with Gasteiger partial charge in [0.25, 0.3) is 0 Å². The zero-order valence-electron chi connectivity index (χ0n) is 18.5. The Kier molecular flexibility index (Phi) is 7.70. The molecule has 0 amide bonds. The second-order valence-electron chi connectivity index (χ2n) is 7.17. The second-order valence-corrected chi connectivity index (χ2v) is 8.08. The van der Waals surface area contributed by atoms with Gasteiger partial charge in [-0.3, -0.25) is 9.58 Å². The fourth-order valence-corrected chi connectivity index (χ4v) is 4.02. The normalized spacial score (nSPS) is 14.6. The zero-order chi connectivity index (χ0) is 23.0. The molecule has 1 aromatic carbocycles. The first kappa shape index (κ1) is 23.0. The Hall–Kier alpha value is -3.22. The summed E-state index contributed by atoms with van der Waals surface area (Å²) in [5.74, 6) is 0.820. The third-order valence-corrected chi connectivity index (χ3v) is 5.92. The van der Waals surface area contributed by atoms with Gasteiger partial charge in [0.2, 0.25) is 5.16 Å². The standard InChI is InChI=1S/C21H25N7O4S/c1-30-19-4-3-16(11-17(19)13-26-7-9-32-10-8-26)12-23-28-14-22-24-21(28)33-15-27-6-5-18(25-27)20(29)31-2/h3-6,11-12,14H,7-10,13,15H2,1-2H3. The van der Waals surface area contributed by atoms with Crippen LogP contribution in [-0.2, 0) is 21.9 Å². The maximum atomic E-state index is 11.5. The number of esters is 1. The van der Waals surface area contributed by atoms with E-state index in [1.807, 2.05) is 12.1 Å². The average molecular weight is 472 g/mol. The number of aromatic nitrogens is 5. The molecule has 1 saturated heterocycles. The highest BCUT2D eigenvalue weighted by molar-refractivity contribution is 7.98. The molecule has 2 aromatic heterocycles. The summed E-state index contributed by atoms with van der Waals surface area (Å²) in [5.41, 5.74) is 2.30. The van der Waals surface area contributed by atoms with E-state index < -0.39 is 5.97 Å². The van der Waals surface area contributed by atoms with E-state index in [0.29, 0.717) is 11.0 Å². The maximum absolute atomic E-state index is 11.5. The third kappa shape index (κ3) is 5.97. The average Bonchev–Trinajstić information content (AvgIpc) is 3.51. The largest absolute Gasteiger partial charge is 0.496 e. The van der Waals surface area contributed by atoms with Crippen LogP contribution in [0.15, 0.2) is 47.0 Å². The molecule has 0 radical (unpaired) electrons. The number of hydrogen-bond acceptors (Lipinski definition) is 10. The maximum Gasteiger partial charge on any atom is 0.358 e. The number of carbonyl (C=O) groups is 1. The van der Waals surface area contributed by atoms with E-state index in [1.54, 1.807) is 41.3 Å². The lowest BCUT2D eigenvalue weighted by atomic mass is 10.1.